The predicted molar refractivity (Wildman–Crippen MR) is 123 cm³/mol. The normalized spacial score (nSPS) is 18.3. The van der Waals surface area contributed by atoms with Crippen LogP contribution in [0.5, 0.6) is 0 Å². The highest BCUT2D eigenvalue weighted by atomic mass is 35.5. The molecule has 0 aliphatic carbocycles. The van der Waals surface area contributed by atoms with Crippen molar-refractivity contribution in [2.75, 3.05) is 25.0 Å². The van der Waals surface area contributed by atoms with Gasteiger partial charge in [-0.3, -0.25) is 23.9 Å². The molecule has 3 aromatic rings. The molecule has 1 saturated heterocycles. The molecule has 0 spiro atoms. The third kappa shape index (κ3) is 5.47. The first-order valence-corrected chi connectivity index (χ1v) is 11.2. The van der Waals surface area contributed by atoms with Crippen molar-refractivity contribution in [3.8, 4) is 5.69 Å². The third-order valence-electron chi connectivity index (χ3n) is 5.13. The van der Waals surface area contributed by atoms with Gasteiger partial charge in [0.15, 0.2) is 0 Å². The van der Waals surface area contributed by atoms with Crippen molar-refractivity contribution in [3.63, 3.8) is 0 Å². The largest absolute Gasteiger partial charge is 0.344 e. The van der Waals surface area contributed by atoms with Gasteiger partial charge in [0.2, 0.25) is 5.91 Å². The SMILES string of the molecule is O=C(CN1C[C@H](NC(=O)c2ccc(Cl)s2)[C@@H](F)C1)Nc1ccc(-n2ccccc2=O)cc1F. The summed E-state index contributed by atoms with van der Waals surface area (Å²) in [6.07, 6.45) is 0.163. The van der Waals surface area contributed by atoms with Crippen LogP contribution in [0.15, 0.2) is 59.5 Å². The highest BCUT2D eigenvalue weighted by Crippen LogP contribution is 2.22. The molecule has 2 amide bonds. The maximum Gasteiger partial charge on any atom is 0.261 e. The summed E-state index contributed by atoms with van der Waals surface area (Å²) in [5.74, 6) is -1.66. The maximum absolute atomic E-state index is 14.5. The number of rotatable bonds is 6. The zero-order valence-electron chi connectivity index (χ0n) is 17.1. The molecule has 2 atom stereocenters. The molecule has 1 aliphatic heterocycles. The van der Waals surface area contributed by atoms with Crippen molar-refractivity contribution in [1.82, 2.24) is 14.8 Å². The summed E-state index contributed by atoms with van der Waals surface area (Å²) in [6.45, 7) is -0.0728. The van der Waals surface area contributed by atoms with Gasteiger partial charge in [0.1, 0.15) is 12.0 Å². The number of nitrogens with zero attached hydrogens (tertiary/aromatic N) is 2. The van der Waals surface area contributed by atoms with Crippen LogP contribution in [-0.4, -0.2) is 53.1 Å². The number of halogens is 3. The summed E-state index contributed by atoms with van der Waals surface area (Å²) < 4.78 is 30.6. The lowest BCUT2D eigenvalue weighted by Gasteiger charge is -2.16. The maximum atomic E-state index is 14.5. The molecule has 1 aromatic carbocycles. The number of aromatic nitrogens is 1. The van der Waals surface area contributed by atoms with Gasteiger partial charge < -0.3 is 10.6 Å². The number of likely N-dealkylation sites (tertiary alicyclic amines) is 1. The smallest absolute Gasteiger partial charge is 0.261 e. The Balaban J connectivity index is 1.34. The van der Waals surface area contributed by atoms with E-state index in [2.05, 4.69) is 10.6 Å². The van der Waals surface area contributed by atoms with E-state index in [0.29, 0.717) is 14.9 Å². The Bertz CT molecular complexity index is 1250. The molecule has 4 rings (SSSR count). The van der Waals surface area contributed by atoms with E-state index >= 15 is 0 Å². The Morgan fingerprint density at radius 3 is 2.67 bits per heavy atom. The first-order chi connectivity index (χ1) is 15.8. The number of nitrogens with one attached hydrogen (secondary N) is 2. The van der Waals surface area contributed by atoms with Crippen LogP contribution in [-0.2, 0) is 4.79 Å². The van der Waals surface area contributed by atoms with Gasteiger partial charge in [0.25, 0.3) is 11.5 Å². The second kappa shape index (κ2) is 9.82. The van der Waals surface area contributed by atoms with Gasteiger partial charge in [-0.25, -0.2) is 8.78 Å². The summed E-state index contributed by atoms with van der Waals surface area (Å²) in [5.41, 5.74) is -0.0445. The number of hydrogen-bond acceptors (Lipinski definition) is 5. The average molecular weight is 493 g/mol. The zero-order chi connectivity index (χ0) is 23.5. The lowest BCUT2D eigenvalue weighted by molar-refractivity contribution is -0.117. The van der Waals surface area contributed by atoms with E-state index in [1.165, 1.54) is 29.0 Å². The molecule has 1 aliphatic rings. The highest BCUT2D eigenvalue weighted by Gasteiger charge is 2.35. The molecule has 3 heterocycles. The summed E-state index contributed by atoms with van der Waals surface area (Å²) in [6, 6.07) is 11.0. The lowest BCUT2D eigenvalue weighted by atomic mass is 10.2. The molecule has 1 fully saturated rings. The van der Waals surface area contributed by atoms with E-state index in [0.717, 1.165) is 17.4 Å². The number of hydrogen-bond donors (Lipinski definition) is 2. The Kier molecular flexibility index (Phi) is 6.87. The second-order valence-corrected chi connectivity index (χ2v) is 9.23. The number of pyridine rings is 1. The van der Waals surface area contributed by atoms with E-state index in [1.54, 1.807) is 29.2 Å². The van der Waals surface area contributed by atoms with Crippen molar-refractivity contribution < 1.29 is 18.4 Å². The van der Waals surface area contributed by atoms with Crippen LogP contribution in [0, 0.1) is 5.82 Å². The summed E-state index contributed by atoms with van der Waals surface area (Å²) >= 11 is 6.92. The van der Waals surface area contributed by atoms with Crippen LogP contribution in [0.3, 0.4) is 0 Å². The van der Waals surface area contributed by atoms with Gasteiger partial charge in [-0.15, -0.1) is 11.3 Å². The average Bonchev–Trinajstić information content (AvgIpc) is 3.35. The quantitative estimate of drug-likeness (QED) is 0.554. The minimum Gasteiger partial charge on any atom is -0.344 e. The van der Waals surface area contributed by atoms with Gasteiger partial charge in [0, 0.05) is 31.4 Å². The zero-order valence-corrected chi connectivity index (χ0v) is 18.7. The molecule has 2 aromatic heterocycles. The molecular weight excluding hydrogens is 474 g/mol. The first kappa shape index (κ1) is 23.1. The molecule has 172 valence electrons. The van der Waals surface area contributed by atoms with Gasteiger partial charge >= 0.3 is 0 Å². The van der Waals surface area contributed by atoms with Gasteiger partial charge in [-0.1, -0.05) is 17.7 Å². The monoisotopic (exact) mass is 492 g/mol. The number of alkyl halides is 1. The Morgan fingerprint density at radius 1 is 1.15 bits per heavy atom. The van der Waals surface area contributed by atoms with E-state index in [-0.39, 0.29) is 30.9 Å². The van der Waals surface area contributed by atoms with Crippen LogP contribution in [0.1, 0.15) is 9.67 Å². The Labute approximate surface area is 196 Å². The summed E-state index contributed by atoms with van der Waals surface area (Å²) in [4.78, 5) is 38.4. The molecule has 2 N–H and O–H groups in total. The fourth-order valence-corrected chi connectivity index (χ4v) is 4.52. The minimum absolute atomic E-state index is 0.0398. The van der Waals surface area contributed by atoms with E-state index in [4.69, 9.17) is 11.6 Å². The van der Waals surface area contributed by atoms with Gasteiger partial charge in [-0.05, 0) is 30.3 Å². The molecule has 0 bridgehead atoms. The number of amides is 2. The highest BCUT2D eigenvalue weighted by molar-refractivity contribution is 7.18. The minimum atomic E-state index is -1.35. The second-order valence-electron chi connectivity index (χ2n) is 7.51. The van der Waals surface area contributed by atoms with Crippen LogP contribution >= 0.6 is 22.9 Å². The van der Waals surface area contributed by atoms with Crippen LogP contribution in [0.25, 0.3) is 5.69 Å². The van der Waals surface area contributed by atoms with Crippen molar-refractivity contribution >= 4 is 40.4 Å². The van der Waals surface area contributed by atoms with Crippen molar-refractivity contribution in [2.45, 2.75) is 12.2 Å². The van der Waals surface area contributed by atoms with Crippen molar-refractivity contribution in [1.29, 1.82) is 0 Å². The third-order valence-corrected chi connectivity index (χ3v) is 6.36. The van der Waals surface area contributed by atoms with E-state index in [1.807, 2.05) is 0 Å². The number of thiophene rings is 1. The Hall–Kier alpha value is -3.08. The topological polar surface area (TPSA) is 83.4 Å². The van der Waals surface area contributed by atoms with Crippen LogP contribution in [0.4, 0.5) is 14.5 Å². The first-order valence-electron chi connectivity index (χ1n) is 10.0. The van der Waals surface area contributed by atoms with Crippen LogP contribution in [0.2, 0.25) is 4.34 Å². The summed E-state index contributed by atoms with van der Waals surface area (Å²) in [5, 5.41) is 5.09. The number of carbonyl (C=O) groups excluding carboxylic acids is 2. The number of carbonyl (C=O) groups is 2. The van der Waals surface area contributed by atoms with Gasteiger partial charge in [-0.2, -0.15) is 0 Å². The lowest BCUT2D eigenvalue weighted by Crippen LogP contribution is -2.41. The number of anilines is 1. The van der Waals surface area contributed by atoms with Gasteiger partial charge in [0.05, 0.1) is 33.2 Å². The molecular formula is C22H19ClF2N4O3S. The standard InChI is InChI=1S/C22H19ClF2N4O3S/c23-19-7-6-18(33-19)22(32)27-17-11-28(10-15(17)25)12-20(30)26-16-5-4-13(9-14(16)24)29-8-2-1-3-21(29)31/h1-9,15,17H,10-12H2,(H,26,30)(H,27,32)/t15-,17-/m0/s1. The molecule has 0 saturated carbocycles. The summed E-state index contributed by atoms with van der Waals surface area (Å²) in [7, 11) is 0. The number of benzene rings is 1. The van der Waals surface area contributed by atoms with Crippen molar-refractivity contribution in [2.24, 2.45) is 0 Å². The fourth-order valence-electron chi connectivity index (χ4n) is 3.57. The molecule has 0 radical (unpaired) electrons. The molecule has 7 nitrogen and oxygen atoms in total. The van der Waals surface area contributed by atoms with Crippen LogP contribution < -0.4 is 16.2 Å². The molecule has 0 unspecified atom stereocenters. The van der Waals surface area contributed by atoms with E-state index in [9.17, 15) is 23.2 Å². The van der Waals surface area contributed by atoms with E-state index < -0.39 is 29.8 Å². The molecule has 33 heavy (non-hydrogen) atoms. The fraction of sp³-hybridized carbons (Fsp3) is 0.227. The van der Waals surface area contributed by atoms with Crippen molar-refractivity contribution in [3.05, 3.63) is 80.1 Å². The predicted octanol–water partition coefficient (Wildman–Crippen LogP) is 3.08. The molecule has 11 heteroatoms. The Morgan fingerprint density at radius 2 is 1.97 bits per heavy atom.